The SMILES string of the molecule is CC(SCCO)C1CCCC(C(C)SCCO)C1. The molecule has 4 heteroatoms. The zero-order valence-corrected chi connectivity index (χ0v) is 13.3. The van der Waals surface area contributed by atoms with Gasteiger partial charge in [-0.3, -0.25) is 0 Å². The van der Waals surface area contributed by atoms with Gasteiger partial charge < -0.3 is 10.2 Å². The van der Waals surface area contributed by atoms with Crippen molar-refractivity contribution >= 4 is 23.5 Å². The summed E-state index contributed by atoms with van der Waals surface area (Å²) in [6.45, 7) is 5.24. The zero-order chi connectivity index (χ0) is 13.4. The van der Waals surface area contributed by atoms with Crippen molar-refractivity contribution in [1.82, 2.24) is 0 Å². The molecule has 0 aliphatic heterocycles. The highest BCUT2D eigenvalue weighted by molar-refractivity contribution is 8.00. The van der Waals surface area contributed by atoms with Crippen molar-refractivity contribution in [3.63, 3.8) is 0 Å². The van der Waals surface area contributed by atoms with Gasteiger partial charge >= 0.3 is 0 Å². The molecule has 0 aromatic rings. The molecule has 0 spiro atoms. The van der Waals surface area contributed by atoms with Crippen molar-refractivity contribution in [3.05, 3.63) is 0 Å². The second-order valence-electron chi connectivity index (χ2n) is 5.29. The summed E-state index contributed by atoms with van der Waals surface area (Å²) in [7, 11) is 0. The fourth-order valence-corrected chi connectivity index (χ4v) is 4.86. The Morgan fingerprint density at radius 2 is 1.39 bits per heavy atom. The molecule has 4 atom stereocenters. The Labute approximate surface area is 120 Å². The molecular formula is C14H28O2S2. The minimum Gasteiger partial charge on any atom is -0.396 e. The van der Waals surface area contributed by atoms with E-state index in [-0.39, 0.29) is 0 Å². The van der Waals surface area contributed by atoms with Crippen molar-refractivity contribution in [2.45, 2.75) is 50.0 Å². The van der Waals surface area contributed by atoms with Gasteiger partial charge in [-0.2, -0.15) is 23.5 Å². The Hall–Kier alpha value is 0.620. The van der Waals surface area contributed by atoms with E-state index in [1.807, 2.05) is 23.5 Å². The lowest BCUT2D eigenvalue weighted by atomic mass is 9.78. The third-order valence-electron chi connectivity index (χ3n) is 4.03. The monoisotopic (exact) mass is 292 g/mol. The summed E-state index contributed by atoms with van der Waals surface area (Å²) in [6.07, 6.45) is 5.39. The summed E-state index contributed by atoms with van der Waals surface area (Å²) in [4.78, 5) is 0. The quantitative estimate of drug-likeness (QED) is 0.721. The smallest absolute Gasteiger partial charge is 0.0521 e. The first-order valence-electron chi connectivity index (χ1n) is 7.14. The first-order valence-corrected chi connectivity index (χ1v) is 9.23. The Bertz CT molecular complexity index is 194. The fourth-order valence-electron chi connectivity index (χ4n) is 2.87. The van der Waals surface area contributed by atoms with Crippen molar-refractivity contribution in [3.8, 4) is 0 Å². The van der Waals surface area contributed by atoms with E-state index in [0.717, 1.165) is 23.3 Å². The summed E-state index contributed by atoms with van der Waals surface area (Å²) in [5, 5.41) is 19.2. The minimum atomic E-state index is 0.300. The maximum Gasteiger partial charge on any atom is 0.0521 e. The molecule has 4 unspecified atom stereocenters. The van der Waals surface area contributed by atoms with E-state index in [1.54, 1.807) is 0 Å². The molecule has 0 radical (unpaired) electrons. The molecule has 0 bridgehead atoms. The molecule has 0 aromatic heterocycles. The van der Waals surface area contributed by atoms with Gasteiger partial charge in [-0.15, -0.1) is 0 Å². The second-order valence-corrected chi connectivity index (χ2v) is 8.26. The summed E-state index contributed by atoms with van der Waals surface area (Å²) in [5.41, 5.74) is 0. The number of rotatable bonds is 8. The molecule has 2 nitrogen and oxygen atoms in total. The van der Waals surface area contributed by atoms with Crippen LogP contribution in [0.2, 0.25) is 0 Å². The summed E-state index contributed by atoms with van der Waals surface area (Å²) < 4.78 is 0. The third-order valence-corrected chi connectivity index (χ3v) is 6.69. The van der Waals surface area contributed by atoms with Gasteiger partial charge in [0.1, 0.15) is 0 Å². The normalized spacial score (nSPS) is 28.0. The average Bonchev–Trinajstić information content (AvgIpc) is 2.42. The Balaban J connectivity index is 2.35. The number of aliphatic hydroxyl groups is 2. The molecule has 1 fully saturated rings. The predicted molar refractivity (Wildman–Crippen MR) is 83.5 cm³/mol. The third kappa shape index (κ3) is 5.72. The van der Waals surface area contributed by atoms with Crippen molar-refractivity contribution in [2.24, 2.45) is 11.8 Å². The van der Waals surface area contributed by atoms with Gasteiger partial charge in [0, 0.05) is 22.0 Å². The largest absolute Gasteiger partial charge is 0.396 e. The Morgan fingerprint density at radius 3 is 1.78 bits per heavy atom. The highest BCUT2D eigenvalue weighted by atomic mass is 32.2. The van der Waals surface area contributed by atoms with Gasteiger partial charge in [0.15, 0.2) is 0 Å². The summed E-state index contributed by atoms with van der Waals surface area (Å²) in [5.74, 6) is 3.38. The van der Waals surface area contributed by atoms with Crippen molar-refractivity contribution in [2.75, 3.05) is 24.7 Å². The van der Waals surface area contributed by atoms with Crippen LogP contribution in [0.3, 0.4) is 0 Å². The van der Waals surface area contributed by atoms with E-state index in [4.69, 9.17) is 10.2 Å². The Morgan fingerprint density at radius 1 is 0.944 bits per heavy atom. The van der Waals surface area contributed by atoms with Gasteiger partial charge in [-0.05, 0) is 31.1 Å². The lowest BCUT2D eigenvalue weighted by Crippen LogP contribution is -2.28. The Kier molecular flexibility index (Phi) is 8.81. The van der Waals surface area contributed by atoms with Gasteiger partial charge in [-0.25, -0.2) is 0 Å². The first-order chi connectivity index (χ1) is 8.69. The fraction of sp³-hybridized carbons (Fsp3) is 1.00. The van der Waals surface area contributed by atoms with Crippen molar-refractivity contribution in [1.29, 1.82) is 0 Å². The van der Waals surface area contributed by atoms with Crippen LogP contribution in [0.5, 0.6) is 0 Å². The van der Waals surface area contributed by atoms with E-state index >= 15 is 0 Å². The van der Waals surface area contributed by atoms with Gasteiger partial charge in [0.2, 0.25) is 0 Å². The highest BCUT2D eigenvalue weighted by Crippen LogP contribution is 2.39. The van der Waals surface area contributed by atoms with Crippen LogP contribution in [0.15, 0.2) is 0 Å². The molecule has 0 saturated heterocycles. The van der Waals surface area contributed by atoms with Gasteiger partial charge in [0.05, 0.1) is 13.2 Å². The maximum atomic E-state index is 8.90. The van der Waals surface area contributed by atoms with Crippen LogP contribution in [-0.4, -0.2) is 45.4 Å². The van der Waals surface area contributed by atoms with Crippen molar-refractivity contribution < 1.29 is 10.2 Å². The van der Waals surface area contributed by atoms with Gasteiger partial charge in [-0.1, -0.05) is 20.3 Å². The average molecular weight is 293 g/mol. The summed E-state index contributed by atoms with van der Waals surface area (Å²) in [6, 6.07) is 0. The molecule has 1 saturated carbocycles. The standard InChI is InChI=1S/C14H28O2S2/c1-11(17-8-6-15)13-4-3-5-14(10-13)12(2)18-9-7-16/h11-16H,3-10H2,1-2H3. The maximum absolute atomic E-state index is 8.90. The molecule has 0 amide bonds. The van der Waals surface area contributed by atoms with Crippen LogP contribution in [0.25, 0.3) is 0 Å². The van der Waals surface area contributed by atoms with E-state index in [0.29, 0.717) is 23.7 Å². The molecule has 0 aromatic carbocycles. The molecule has 1 aliphatic rings. The van der Waals surface area contributed by atoms with E-state index in [2.05, 4.69) is 13.8 Å². The topological polar surface area (TPSA) is 40.5 Å². The van der Waals surface area contributed by atoms with Crippen LogP contribution in [0.4, 0.5) is 0 Å². The van der Waals surface area contributed by atoms with E-state index in [9.17, 15) is 0 Å². The highest BCUT2D eigenvalue weighted by Gasteiger charge is 2.29. The van der Waals surface area contributed by atoms with E-state index in [1.165, 1.54) is 25.7 Å². The van der Waals surface area contributed by atoms with Crippen LogP contribution < -0.4 is 0 Å². The molecule has 1 aliphatic carbocycles. The first kappa shape index (κ1) is 16.7. The van der Waals surface area contributed by atoms with Crippen LogP contribution >= 0.6 is 23.5 Å². The number of hydrogen-bond donors (Lipinski definition) is 2. The van der Waals surface area contributed by atoms with E-state index < -0.39 is 0 Å². The molecule has 108 valence electrons. The van der Waals surface area contributed by atoms with Gasteiger partial charge in [0.25, 0.3) is 0 Å². The number of thioether (sulfide) groups is 2. The number of aliphatic hydroxyl groups excluding tert-OH is 2. The molecule has 2 N–H and O–H groups in total. The second kappa shape index (κ2) is 9.51. The lowest BCUT2D eigenvalue weighted by molar-refractivity contribution is 0.264. The molecule has 18 heavy (non-hydrogen) atoms. The lowest BCUT2D eigenvalue weighted by Gasteiger charge is -2.35. The molecular weight excluding hydrogens is 264 g/mol. The molecule has 1 rings (SSSR count). The number of hydrogen-bond acceptors (Lipinski definition) is 4. The minimum absolute atomic E-state index is 0.300. The summed E-state index contributed by atoms with van der Waals surface area (Å²) >= 11 is 3.84. The zero-order valence-electron chi connectivity index (χ0n) is 11.7. The molecule has 0 heterocycles. The van der Waals surface area contributed by atoms with Crippen LogP contribution in [0.1, 0.15) is 39.5 Å². The predicted octanol–water partition coefficient (Wildman–Crippen LogP) is 3.02. The van der Waals surface area contributed by atoms with Crippen LogP contribution in [-0.2, 0) is 0 Å². The van der Waals surface area contributed by atoms with Crippen LogP contribution in [0, 0.1) is 11.8 Å².